The van der Waals surface area contributed by atoms with Crippen LogP contribution in [0.25, 0.3) is 0 Å². The summed E-state index contributed by atoms with van der Waals surface area (Å²) in [5.41, 5.74) is 0.857. The quantitative estimate of drug-likeness (QED) is 0.327. The molecule has 0 amide bonds. The smallest absolute Gasteiger partial charge is 0.387 e. The van der Waals surface area contributed by atoms with Crippen molar-refractivity contribution in [3.8, 4) is 5.75 Å². The summed E-state index contributed by atoms with van der Waals surface area (Å²) in [4.78, 5) is 0. The van der Waals surface area contributed by atoms with Crippen LogP contribution in [0.5, 0.6) is 5.75 Å². The molecular formula is C23H29F5O. The van der Waals surface area contributed by atoms with Crippen LogP contribution < -0.4 is 4.74 Å². The Morgan fingerprint density at radius 2 is 1.52 bits per heavy atom. The topological polar surface area (TPSA) is 9.23 Å². The third-order valence-corrected chi connectivity index (χ3v) is 6.62. The van der Waals surface area contributed by atoms with E-state index >= 15 is 0 Å². The molecule has 0 aromatic heterocycles. The van der Waals surface area contributed by atoms with Gasteiger partial charge in [0.2, 0.25) is 6.43 Å². The molecule has 2 aliphatic rings. The molecule has 0 unspecified atom stereocenters. The summed E-state index contributed by atoms with van der Waals surface area (Å²) in [6.45, 7) is -3.03. The van der Waals surface area contributed by atoms with E-state index in [4.69, 9.17) is 0 Å². The molecule has 1 aromatic carbocycles. The average Bonchev–Trinajstić information content (AvgIpc) is 2.70. The second-order valence-corrected chi connectivity index (χ2v) is 8.41. The minimum absolute atomic E-state index is 0.153. The van der Waals surface area contributed by atoms with Gasteiger partial charge in [-0.05, 0) is 92.7 Å². The average molecular weight is 416 g/mol. The Morgan fingerprint density at radius 3 is 2.07 bits per heavy atom. The van der Waals surface area contributed by atoms with Gasteiger partial charge in [0.1, 0.15) is 0 Å². The molecule has 0 aliphatic heterocycles. The van der Waals surface area contributed by atoms with Crippen LogP contribution in [0.4, 0.5) is 22.0 Å². The first-order valence-corrected chi connectivity index (χ1v) is 10.6. The number of hydrogen-bond donors (Lipinski definition) is 0. The first kappa shape index (κ1) is 22.1. The molecule has 2 saturated carbocycles. The Bertz CT molecular complexity index is 659. The fourth-order valence-electron chi connectivity index (χ4n) is 5.07. The molecule has 1 nitrogen and oxygen atoms in total. The number of allylic oxidation sites excluding steroid dienone is 2. The van der Waals surface area contributed by atoms with Crippen molar-refractivity contribution in [2.75, 3.05) is 0 Å². The van der Waals surface area contributed by atoms with Gasteiger partial charge in [-0.2, -0.15) is 8.78 Å². The van der Waals surface area contributed by atoms with Gasteiger partial charge < -0.3 is 4.74 Å². The van der Waals surface area contributed by atoms with Crippen molar-refractivity contribution in [2.24, 2.45) is 17.8 Å². The zero-order chi connectivity index (χ0) is 20.8. The van der Waals surface area contributed by atoms with Gasteiger partial charge in [0, 0.05) is 6.42 Å². The summed E-state index contributed by atoms with van der Waals surface area (Å²) in [6, 6.07) is 4.33. The summed E-state index contributed by atoms with van der Waals surface area (Å²) < 4.78 is 67.2. The predicted octanol–water partition coefficient (Wildman–Crippen LogP) is 7.72. The van der Waals surface area contributed by atoms with Crippen molar-refractivity contribution in [1.82, 2.24) is 0 Å². The van der Waals surface area contributed by atoms with Crippen molar-refractivity contribution in [3.05, 3.63) is 41.7 Å². The van der Waals surface area contributed by atoms with E-state index in [1.807, 2.05) is 6.08 Å². The largest absolute Gasteiger partial charge is 0.432 e. The molecule has 3 rings (SSSR count). The molecule has 0 atom stereocenters. The number of hydrogen-bond acceptors (Lipinski definition) is 1. The highest BCUT2D eigenvalue weighted by atomic mass is 19.3. The van der Waals surface area contributed by atoms with Crippen LogP contribution in [0.15, 0.2) is 30.4 Å². The molecule has 2 fully saturated rings. The second-order valence-electron chi connectivity index (χ2n) is 8.41. The van der Waals surface area contributed by atoms with E-state index in [1.54, 1.807) is 12.1 Å². The predicted molar refractivity (Wildman–Crippen MR) is 103 cm³/mol. The van der Waals surface area contributed by atoms with Crippen LogP contribution in [-0.4, -0.2) is 13.0 Å². The van der Waals surface area contributed by atoms with Gasteiger partial charge in [-0.1, -0.05) is 18.2 Å². The molecule has 0 saturated heterocycles. The van der Waals surface area contributed by atoms with Crippen LogP contribution in [0.2, 0.25) is 0 Å². The molecule has 6 heteroatoms. The van der Waals surface area contributed by atoms with Gasteiger partial charge in [-0.3, -0.25) is 0 Å². The summed E-state index contributed by atoms with van der Waals surface area (Å²) in [5.74, 6) is 0.908. The highest BCUT2D eigenvalue weighted by molar-refractivity contribution is 5.31. The van der Waals surface area contributed by atoms with Gasteiger partial charge in [0.15, 0.2) is 11.6 Å². The van der Waals surface area contributed by atoms with Crippen LogP contribution >= 0.6 is 0 Å². The molecule has 1 aromatic rings. The molecule has 162 valence electrons. The maximum atomic E-state index is 14.0. The van der Waals surface area contributed by atoms with Crippen LogP contribution in [0.1, 0.15) is 69.3 Å². The van der Waals surface area contributed by atoms with Crippen molar-refractivity contribution >= 4 is 0 Å². The van der Waals surface area contributed by atoms with E-state index in [-0.39, 0.29) is 12.3 Å². The van der Waals surface area contributed by atoms with Crippen molar-refractivity contribution < 1.29 is 26.7 Å². The maximum absolute atomic E-state index is 14.0. The Kier molecular flexibility index (Phi) is 7.96. The summed E-state index contributed by atoms with van der Waals surface area (Å²) >= 11 is 0. The molecule has 29 heavy (non-hydrogen) atoms. The standard InChI is InChI=1S/C23H29F5O/c24-20-14-19(12-13-21(20)29-23(27)28)18-10-8-17(9-11-18)16-6-4-15(5-7-16)2-1-3-22(25)26/h1-2,12-18,22-23H,3-11H2. The number of rotatable bonds is 7. The van der Waals surface area contributed by atoms with Crippen LogP contribution in [0.3, 0.4) is 0 Å². The van der Waals surface area contributed by atoms with Crippen molar-refractivity contribution in [2.45, 2.75) is 76.7 Å². The number of halogens is 5. The molecule has 0 radical (unpaired) electrons. The van der Waals surface area contributed by atoms with E-state index in [0.717, 1.165) is 56.9 Å². The van der Waals surface area contributed by atoms with E-state index in [2.05, 4.69) is 4.74 Å². The van der Waals surface area contributed by atoms with E-state index in [0.29, 0.717) is 17.8 Å². The third-order valence-electron chi connectivity index (χ3n) is 6.62. The first-order chi connectivity index (χ1) is 13.9. The third kappa shape index (κ3) is 6.45. The Hall–Kier alpha value is -1.59. The molecular weight excluding hydrogens is 387 g/mol. The number of alkyl halides is 4. The fourth-order valence-corrected chi connectivity index (χ4v) is 5.07. The van der Waals surface area contributed by atoms with E-state index in [1.165, 1.54) is 12.1 Å². The lowest BCUT2D eigenvalue weighted by atomic mass is 9.68. The first-order valence-electron chi connectivity index (χ1n) is 10.6. The Labute approximate surface area is 169 Å². The van der Waals surface area contributed by atoms with Crippen molar-refractivity contribution in [1.29, 1.82) is 0 Å². The summed E-state index contributed by atoms with van der Waals surface area (Å²) in [7, 11) is 0. The molecule has 0 bridgehead atoms. The normalized spacial score (nSPS) is 28.4. The lowest BCUT2D eigenvalue weighted by Gasteiger charge is -2.37. The molecule has 0 N–H and O–H groups in total. The van der Waals surface area contributed by atoms with E-state index in [9.17, 15) is 22.0 Å². The van der Waals surface area contributed by atoms with Gasteiger partial charge in [-0.25, -0.2) is 13.2 Å². The van der Waals surface area contributed by atoms with Gasteiger partial charge in [0.05, 0.1) is 0 Å². The van der Waals surface area contributed by atoms with E-state index < -0.39 is 24.6 Å². The SMILES string of the molecule is Fc1cc(C2CCC(C3CCC(C=CCC(F)F)CC3)CC2)ccc1OC(F)F. The highest BCUT2D eigenvalue weighted by Gasteiger charge is 2.31. The van der Waals surface area contributed by atoms with Gasteiger partial charge in [0.25, 0.3) is 0 Å². The Morgan fingerprint density at radius 1 is 0.897 bits per heavy atom. The zero-order valence-electron chi connectivity index (χ0n) is 16.5. The fraction of sp³-hybridized carbons (Fsp3) is 0.652. The summed E-state index contributed by atoms with van der Waals surface area (Å²) in [6.07, 6.45) is 9.76. The van der Waals surface area contributed by atoms with Gasteiger partial charge in [-0.15, -0.1) is 0 Å². The highest BCUT2D eigenvalue weighted by Crippen LogP contribution is 2.44. The lowest BCUT2D eigenvalue weighted by Crippen LogP contribution is -2.25. The minimum atomic E-state index is -3.03. The minimum Gasteiger partial charge on any atom is -0.432 e. The number of ether oxygens (including phenoxy) is 1. The molecule has 0 spiro atoms. The van der Waals surface area contributed by atoms with Gasteiger partial charge >= 0.3 is 6.61 Å². The van der Waals surface area contributed by atoms with Crippen LogP contribution in [0, 0.1) is 23.6 Å². The molecule has 0 heterocycles. The Balaban J connectivity index is 1.45. The zero-order valence-corrected chi connectivity index (χ0v) is 16.5. The van der Waals surface area contributed by atoms with Crippen molar-refractivity contribution in [3.63, 3.8) is 0 Å². The molecule has 2 aliphatic carbocycles. The lowest BCUT2D eigenvalue weighted by molar-refractivity contribution is -0.0522. The van der Waals surface area contributed by atoms with Crippen LogP contribution in [-0.2, 0) is 0 Å². The second kappa shape index (κ2) is 10.4. The summed E-state index contributed by atoms with van der Waals surface area (Å²) in [5, 5.41) is 0. The maximum Gasteiger partial charge on any atom is 0.387 e. The number of benzene rings is 1. The monoisotopic (exact) mass is 416 g/mol.